The van der Waals surface area contributed by atoms with Crippen LogP contribution >= 0.6 is 0 Å². The molecule has 0 spiro atoms. The molecule has 1 fully saturated rings. The largest absolute Gasteiger partial charge is 0.343 e. The minimum Gasteiger partial charge on any atom is -0.343 e. The van der Waals surface area contributed by atoms with Gasteiger partial charge in [-0.2, -0.15) is 0 Å². The van der Waals surface area contributed by atoms with Gasteiger partial charge in [-0.05, 0) is 21.0 Å². The van der Waals surface area contributed by atoms with Gasteiger partial charge < -0.3 is 15.5 Å². The van der Waals surface area contributed by atoms with Gasteiger partial charge in [0.2, 0.25) is 5.91 Å². The summed E-state index contributed by atoms with van der Waals surface area (Å²) in [5.41, 5.74) is 5.71. The molecule has 1 heterocycles. The zero-order valence-electron chi connectivity index (χ0n) is 10.8. The van der Waals surface area contributed by atoms with Gasteiger partial charge >= 0.3 is 0 Å². The second-order valence-corrected chi connectivity index (χ2v) is 4.86. The third-order valence-corrected chi connectivity index (χ3v) is 3.19. The lowest BCUT2D eigenvalue weighted by molar-refractivity contribution is -0.142. The van der Waals surface area contributed by atoms with Crippen LogP contribution < -0.4 is 5.73 Å². The number of hydrogen-bond donors (Lipinski definition) is 1. The molecule has 0 aromatic rings. The van der Waals surface area contributed by atoms with Crippen molar-refractivity contribution in [2.24, 2.45) is 5.73 Å². The highest BCUT2D eigenvalue weighted by molar-refractivity contribution is 5.82. The Morgan fingerprint density at radius 1 is 1.50 bits per heavy atom. The van der Waals surface area contributed by atoms with E-state index in [4.69, 9.17) is 5.73 Å². The fraction of sp³-hybridized carbons (Fsp3) is 0.909. The second-order valence-electron chi connectivity index (χ2n) is 4.86. The minimum absolute atomic E-state index is 0.145. The van der Waals surface area contributed by atoms with Crippen molar-refractivity contribution < 1.29 is 4.79 Å². The smallest absolute Gasteiger partial charge is 0.241 e. The van der Waals surface area contributed by atoms with Crippen molar-refractivity contribution in [2.45, 2.75) is 19.0 Å². The van der Waals surface area contributed by atoms with E-state index in [9.17, 15) is 4.79 Å². The third-order valence-electron chi connectivity index (χ3n) is 3.19. The molecule has 0 saturated carbocycles. The molecule has 0 bridgehead atoms. The van der Waals surface area contributed by atoms with Gasteiger partial charge in [-0.15, -0.1) is 0 Å². The summed E-state index contributed by atoms with van der Waals surface area (Å²) in [5, 5.41) is 0. The average Bonchev–Trinajstić information content (AvgIpc) is 2.21. The number of rotatable bonds is 4. The first-order chi connectivity index (χ1) is 7.47. The molecule has 1 amide bonds. The summed E-state index contributed by atoms with van der Waals surface area (Å²) in [6, 6.07) is 0.241. The first kappa shape index (κ1) is 13.4. The fourth-order valence-electron chi connectivity index (χ4n) is 2.22. The predicted molar refractivity (Wildman–Crippen MR) is 65.2 cm³/mol. The molecule has 0 aliphatic carbocycles. The maximum absolute atomic E-state index is 11.9. The molecular weight excluding hydrogens is 204 g/mol. The van der Waals surface area contributed by atoms with Crippen molar-refractivity contribution in [3.8, 4) is 0 Å². The van der Waals surface area contributed by atoms with Crippen LogP contribution in [-0.2, 0) is 4.79 Å². The van der Waals surface area contributed by atoms with E-state index in [1.165, 1.54) is 0 Å². The monoisotopic (exact) mass is 228 g/mol. The Hall–Kier alpha value is -0.650. The standard InChI is InChI=1S/C11H24N4O/c1-9-8-14(4)11(16)10(7-12)15(9)6-5-13(2)3/h9-10H,5-8,12H2,1-4H3. The Labute approximate surface area is 98.2 Å². The first-order valence-electron chi connectivity index (χ1n) is 5.83. The normalized spacial score (nSPS) is 27.9. The highest BCUT2D eigenvalue weighted by Gasteiger charge is 2.35. The molecule has 94 valence electrons. The molecule has 2 N–H and O–H groups in total. The SMILES string of the molecule is CC1CN(C)C(=O)C(CN)N1CCN(C)C. The number of hydrogen-bond acceptors (Lipinski definition) is 4. The molecule has 0 aromatic heterocycles. The van der Waals surface area contributed by atoms with Crippen LogP contribution in [0.5, 0.6) is 0 Å². The molecular formula is C11H24N4O. The van der Waals surface area contributed by atoms with Crippen LogP contribution in [0.3, 0.4) is 0 Å². The summed E-state index contributed by atoms with van der Waals surface area (Å²) in [6.45, 7) is 5.21. The zero-order valence-corrected chi connectivity index (χ0v) is 10.8. The van der Waals surface area contributed by atoms with Crippen molar-refractivity contribution in [1.29, 1.82) is 0 Å². The molecule has 16 heavy (non-hydrogen) atoms. The van der Waals surface area contributed by atoms with Crippen molar-refractivity contribution in [2.75, 3.05) is 47.3 Å². The maximum atomic E-state index is 11.9. The van der Waals surface area contributed by atoms with Gasteiger partial charge in [-0.1, -0.05) is 0 Å². The summed E-state index contributed by atoms with van der Waals surface area (Å²) in [4.78, 5) is 18.1. The van der Waals surface area contributed by atoms with Crippen LogP contribution in [0.1, 0.15) is 6.92 Å². The van der Waals surface area contributed by atoms with Crippen molar-refractivity contribution >= 4 is 5.91 Å². The summed E-state index contributed by atoms with van der Waals surface area (Å²) >= 11 is 0. The average molecular weight is 228 g/mol. The van der Waals surface area contributed by atoms with Gasteiger partial charge in [-0.3, -0.25) is 9.69 Å². The fourth-order valence-corrected chi connectivity index (χ4v) is 2.22. The Morgan fingerprint density at radius 2 is 2.12 bits per heavy atom. The number of nitrogens with zero attached hydrogens (tertiary/aromatic N) is 3. The van der Waals surface area contributed by atoms with E-state index in [1.54, 1.807) is 4.90 Å². The Balaban J connectivity index is 2.67. The lowest BCUT2D eigenvalue weighted by Crippen LogP contribution is -2.63. The molecule has 0 aromatic carbocycles. The summed E-state index contributed by atoms with van der Waals surface area (Å²) in [5.74, 6) is 0.152. The molecule has 5 nitrogen and oxygen atoms in total. The van der Waals surface area contributed by atoms with Gasteiger partial charge in [0.1, 0.15) is 6.04 Å². The maximum Gasteiger partial charge on any atom is 0.241 e. The summed E-state index contributed by atoms with van der Waals surface area (Å²) in [7, 11) is 5.94. The molecule has 1 rings (SSSR count). The molecule has 2 atom stereocenters. The second kappa shape index (κ2) is 5.61. The number of nitrogens with two attached hydrogens (primary N) is 1. The molecule has 1 aliphatic rings. The lowest BCUT2D eigenvalue weighted by Gasteiger charge is -2.43. The molecule has 2 unspecified atom stereocenters. The molecule has 0 radical (unpaired) electrons. The predicted octanol–water partition coefficient (Wildman–Crippen LogP) is -0.962. The summed E-state index contributed by atoms with van der Waals surface area (Å²) in [6.07, 6.45) is 0. The molecule has 1 aliphatic heterocycles. The first-order valence-corrected chi connectivity index (χ1v) is 5.83. The van der Waals surface area contributed by atoms with Gasteiger partial charge in [-0.25, -0.2) is 0 Å². The topological polar surface area (TPSA) is 52.8 Å². The molecule has 1 saturated heterocycles. The van der Waals surface area contributed by atoms with Crippen LogP contribution in [-0.4, -0.2) is 80.0 Å². The van der Waals surface area contributed by atoms with E-state index in [0.717, 1.165) is 19.6 Å². The lowest BCUT2D eigenvalue weighted by atomic mass is 10.1. The van der Waals surface area contributed by atoms with E-state index >= 15 is 0 Å². The van der Waals surface area contributed by atoms with Crippen molar-refractivity contribution in [1.82, 2.24) is 14.7 Å². The number of carbonyl (C=O) groups is 1. The van der Waals surface area contributed by atoms with Crippen molar-refractivity contribution in [3.05, 3.63) is 0 Å². The van der Waals surface area contributed by atoms with E-state index in [2.05, 4.69) is 16.7 Å². The number of carbonyl (C=O) groups excluding carboxylic acids is 1. The van der Waals surface area contributed by atoms with Crippen LogP contribution in [0.2, 0.25) is 0 Å². The van der Waals surface area contributed by atoms with Gasteiger partial charge in [0.15, 0.2) is 0 Å². The summed E-state index contributed by atoms with van der Waals surface area (Å²) < 4.78 is 0. The number of likely N-dealkylation sites (N-methyl/N-ethyl adjacent to an activating group) is 2. The van der Waals surface area contributed by atoms with E-state index in [0.29, 0.717) is 12.6 Å². The quantitative estimate of drug-likeness (QED) is 0.673. The van der Waals surface area contributed by atoms with Crippen molar-refractivity contribution in [3.63, 3.8) is 0 Å². The van der Waals surface area contributed by atoms with Crippen LogP contribution in [0.15, 0.2) is 0 Å². The number of piperazine rings is 1. The highest BCUT2D eigenvalue weighted by atomic mass is 16.2. The third kappa shape index (κ3) is 2.93. The van der Waals surface area contributed by atoms with Crippen LogP contribution in [0, 0.1) is 0 Å². The Kier molecular flexibility index (Phi) is 4.70. The zero-order chi connectivity index (χ0) is 12.3. The molecule has 5 heteroatoms. The minimum atomic E-state index is -0.145. The van der Waals surface area contributed by atoms with E-state index < -0.39 is 0 Å². The van der Waals surface area contributed by atoms with Crippen LogP contribution in [0.4, 0.5) is 0 Å². The van der Waals surface area contributed by atoms with Gasteiger partial charge in [0.25, 0.3) is 0 Å². The number of amides is 1. The van der Waals surface area contributed by atoms with E-state index in [1.807, 2.05) is 21.1 Å². The Morgan fingerprint density at radius 3 is 2.62 bits per heavy atom. The Bertz CT molecular complexity index is 244. The highest BCUT2D eigenvalue weighted by Crippen LogP contribution is 2.14. The van der Waals surface area contributed by atoms with Gasteiger partial charge in [0.05, 0.1) is 0 Å². The van der Waals surface area contributed by atoms with Crippen LogP contribution in [0.25, 0.3) is 0 Å². The van der Waals surface area contributed by atoms with Gasteiger partial charge in [0, 0.05) is 39.3 Å². The van der Waals surface area contributed by atoms with E-state index in [-0.39, 0.29) is 11.9 Å².